The van der Waals surface area contributed by atoms with Crippen LogP contribution in [0.5, 0.6) is 0 Å². The number of nitrogens with zero attached hydrogens (tertiary/aromatic N) is 1. The molecule has 0 bridgehead atoms. The van der Waals surface area contributed by atoms with Crippen LogP contribution in [0.2, 0.25) is 0 Å². The summed E-state index contributed by atoms with van der Waals surface area (Å²) in [6, 6.07) is 1.66. The first-order valence-electron chi connectivity index (χ1n) is 4.97. The third-order valence-electron chi connectivity index (χ3n) is 2.18. The molecule has 0 saturated heterocycles. The minimum Gasteiger partial charge on any atom is -0.466 e. The molecule has 0 aliphatic heterocycles. The van der Waals surface area contributed by atoms with Crippen molar-refractivity contribution in [3.05, 3.63) is 23.2 Å². The van der Waals surface area contributed by atoms with Crippen molar-refractivity contribution < 1.29 is 14.0 Å². The molecule has 0 aliphatic rings. The van der Waals surface area contributed by atoms with Crippen LogP contribution in [0.1, 0.15) is 21.9 Å². The molecule has 5 nitrogen and oxygen atoms in total. The summed E-state index contributed by atoms with van der Waals surface area (Å²) >= 11 is 0. The van der Waals surface area contributed by atoms with Crippen LogP contribution in [0, 0.1) is 13.8 Å². The van der Waals surface area contributed by atoms with Crippen molar-refractivity contribution in [3.63, 3.8) is 0 Å². The van der Waals surface area contributed by atoms with Crippen molar-refractivity contribution in [2.24, 2.45) is 0 Å². The molecule has 0 fully saturated rings. The predicted molar refractivity (Wildman–Crippen MR) is 59.2 cm³/mol. The van der Waals surface area contributed by atoms with Gasteiger partial charge in [-0.3, -0.25) is 9.59 Å². The lowest BCUT2D eigenvalue weighted by atomic mass is 10.2. The summed E-state index contributed by atoms with van der Waals surface area (Å²) in [6.07, 6.45) is 0. The van der Waals surface area contributed by atoms with E-state index in [2.05, 4.69) is 5.32 Å². The first kappa shape index (κ1) is 12.3. The first-order chi connectivity index (χ1) is 7.41. The summed E-state index contributed by atoms with van der Waals surface area (Å²) in [6.45, 7) is 3.49. The van der Waals surface area contributed by atoms with Gasteiger partial charge in [-0.15, -0.1) is 0 Å². The summed E-state index contributed by atoms with van der Waals surface area (Å²) in [5.41, 5.74) is 0.476. The smallest absolute Gasteiger partial charge is 0.255 e. The fourth-order valence-electron chi connectivity index (χ4n) is 1.27. The molecule has 88 valence electrons. The van der Waals surface area contributed by atoms with E-state index in [1.807, 2.05) is 0 Å². The van der Waals surface area contributed by atoms with Gasteiger partial charge in [0, 0.05) is 14.1 Å². The van der Waals surface area contributed by atoms with Gasteiger partial charge in [-0.05, 0) is 19.9 Å². The van der Waals surface area contributed by atoms with Gasteiger partial charge in [0.25, 0.3) is 5.91 Å². The summed E-state index contributed by atoms with van der Waals surface area (Å²) in [5.74, 6) is 0.810. The maximum atomic E-state index is 11.7. The van der Waals surface area contributed by atoms with E-state index < -0.39 is 0 Å². The van der Waals surface area contributed by atoms with Crippen molar-refractivity contribution in [1.82, 2.24) is 10.2 Å². The van der Waals surface area contributed by atoms with Gasteiger partial charge in [0.2, 0.25) is 5.91 Å². The van der Waals surface area contributed by atoms with Crippen molar-refractivity contribution in [2.75, 3.05) is 20.6 Å². The topological polar surface area (TPSA) is 62.6 Å². The fraction of sp³-hybridized carbons (Fsp3) is 0.455. The monoisotopic (exact) mass is 224 g/mol. The predicted octanol–water partition coefficient (Wildman–Crippen LogP) is 0.714. The lowest BCUT2D eigenvalue weighted by Gasteiger charge is -2.10. The zero-order valence-electron chi connectivity index (χ0n) is 9.96. The molecule has 0 atom stereocenters. The number of rotatable bonds is 3. The molecule has 5 heteroatoms. The molecule has 0 saturated carbocycles. The maximum Gasteiger partial charge on any atom is 0.255 e. The van der Waals surface area contributed by atoms with Gasteiger partial charge in [-0.1, -0.05) is 0 Å². The Morgan fingerprint density at radius 2 is 2.00 bits per heavy atom. The highest BCUT2D eigenvalue weighted by Gasteiger charge is 2.14. The molecule has 1 rings (SSSR count). The van der Waals surface area contributed by atoms with Crippen LogP contribution < -0.4 is 5.32 Å². The van der Waals surface area contributed by atoms with Crippen LogP contribution in [-0.2, 0) is 4.79 Å². The number of likely N-dealkylation sites (N-methyl/N-ethyl adjacent to an activating group) is 1. The van der Waals surface area contributed by atoms with E-state index >= 15 is 0 Å². The zero-order chi connectivity index (χ0) is 12.3. The summed E-state index contributed by atoms with van der Waals surface area (Å²) in [4.78, 5) is 24.3. The number of hydrogen-bond donors (Lipinski definition) is 1. The molecule has 1 aromatic heterocycles. The van der Waals surface area contributed by atoms with Gasteiger partial charge in [-0.2, -0.15) is 0 Å². The van der Waals surface area contributed by atoms with Crippen molar-refractivity contribution >= 4 is 11.8 Å². The molecule has 1 N–H and O–H groups in total. The van der Waals surface area contributed by atoms with Gasteiger partial charge in [0.05, 0.1) is 12.1 Å². The number of hydrogen-bond acceptors (Lipinski definition) is 3. The molecule has 0 radical (unpaired) electrons. The maximum absolute atomic E-state index is 11.7. The highest BCUT2D eigenvalue weighted by molar-refractivity contribution is 5.97. The molecule has 0 spiro atoms. The van der Waals surface area contributed by atoms with Crippen molar-refractivity contribution in [1.29, 1.82) is 0 Å². The second-order valence-corrected chi connectivity index (χ2v) is 3.80. The van der Waals surface area contributed by atoms with E-state index in [9.17, 15) is 9.59 Å². The number of aryl methyl sites for hydroxylation is 2. The number of nitrogens with one attached hydrogen (secondary N) is 1. The van der Waals surface area contributed by atoms with Gasteiger partial charge in [0.1, 0.15) is 11.5 Å². The molecule has 0 aliphatic carbocycles. The zero-order valence-corrected chi connectivity index (χ0v) is 9.96. The SMILES string of the molecule is Cc1cc(C(=O)NCC(=O)N(C)C)c(C)o1. The Balaban J connectivity index is 2.60. The van der Waals surface area contributed by atoms with Crippen LogP contribution >= 0.6 is 0 Å². The van der Waals surface area contributed by atoms with Crippen LogP contribution in [0.4, 0.5) is 0 Å². The molecular formula is C11H16N2O3. The Labute approximate surface area is 94.4 Å². The molecule has 0 aromatic carbocycles. The van der Waals surface area contributed by atoms with E-state index in [1.54, 1.807) is 34.0 Å². The Hall–Kier alpha value is -1.78. The number of furan rings is 1. The average Bonchev–Trinajstić information content (AvgIpc) is 2.53. The molecule has 1 heterocycles. The minimum absolute atomic E-state index is 0.00446. The van der Waals surface area contributed by atoms with Crippen LogP contribution in [0.25, 0.3) is 0 Å². The Bertz CT molecular complexity index is 407. The molecule has 2 amide bonds. The third-order valence-corrected chi connectivity index (χ3v) is 2.18. The van der Waals surface area contributed by atoms with Crippen LogP contribution in [-0.4, -0.2) is 37.4 Å². The molecular weight excluding hydrogens is 208 g/mol. The quantitative estimate of drug-likeness (QED) is 0.822. The van der Waals surface area contributed by atoms with Crippen LogP contribution in [0.15, 0.2) is 10.5 Å². The lowest BCUT2D eigenvalue weighted by Crippen LogP contribution is -2.36. The fourth-order valence-corrected chi connectivity index (χ4v) is 1.27. The van der Waals surface area contributed by atoms with Crippen LogP contribution in [0.3, 0.4) is 0 Å². The Morgan fingerprint density at radius 1 is 1.38 bits per heavy atom. The standard InChI is InChI=1S/C11H16N2O3/c1-7-5-9(8(2)16-7)11(15)12-6-10(14)13(3)4/h5H,6H2,1-4H3,(H,12,15). The molecule has 1 aromatic rings. The summed E-state index contributed by atoms with van der Waals surface area (Å²) in [5, 5.41) is 2.54. The van der Waals surface area contributed by atoms with Gasteiger partial charge >= 0.3 is 0 Å². The second kappa shape index (κ2) is 4.83. The minimum atomic E-state index is -0.287. The highest BCUT2D eigenvalue weighted by atomic mass is 16.3. The van der Waals surface area contributed by atoms with E-state index in [0.717, 1.165) is 0 Å². The van der Waals surface area contributed by atoms with Crippen molar-refractivity contribution in [2.45, 2.75) is 13.8 Å². The van der Waals surface area contributed by atoms with Gasteiger partial charge in [0.15, 0.2) is 0 Å². The highest BCUT2D eigenvalue weighted by Crippen LogP contribution is 2.12. The van der Waals surface area contributed by atoms with E-state index in [1.165, 1.54) is 4.90 Å². The Morgan fingerprint density at radius 3 is 2.44 bits per heavy atom. The van der Waals surface area contributed by atoms with E-state index in [4.69, 9.17) is 4.42 Å². The van der Waals surface area contributed by atoms with E-state index in [-0.39, 0.29) is 18.4 Å². The third kappa shape index (κ3) is 2.85. The normalized spacial score (nSPS) is 10.0. The second-order valence-electron chi connectivity index (χ2n) is 3.80. The number of carbonyl (C=O) groups is 2. The van der Waals surface area contributed by atoms with E-state index in [0.29, 0.717) is 17.1 Å². The molecule has 16 heavy (non-hydrogen) atoms. The first-order valence-corrected chi connectivity index (χ1v) is 4.97. The lowest BCUT2D eigenvalue weighted by molar-refractivity contribution is -0.127. The van der Waals surface area contributed by atoms with Gasteiger partial charge < -0.3 is 14.6 Å². The summed E-state index contributed by atoms with van der Waals surface area (Å²) in [7, 11) is 3.28. The largest absolute Gasteiger partial charge is 0.466 e. The average molecular weight is 224 g/mol. The number of carbonyl (C=O) groups excluding carboxylic acids is 2. The molecule has 0 unspecified atom stereocenters. The Kier molecular flexibility index (Phi) is 3.71. The summed E-state index contributed by atoms with van der Waals surface area (Å²) < 4.78 is 5.23. The number of amides is 2. The van der Waals surface area contributed by atoms with Crippen molar-refractivity contribution in [3.8, 4) is 0 Å². The van der Waals surface area contributed by atoms with Gasteiger partial charge in [-0.25, -0.2) is 0 Å².